The third-order valence-corrected chi connectivity index (χ3v) is 4.95. The highest BCUT2D eigenvalue weighted by Crippen LogP contribution is 2.33. The molecule has 0 heterocycles. The van der Waals surface area contributed by atoms with E-state index < -0.39 is 12.0 Å². The smallest absolute Gasteiger partial charge is 0.305 e. The Morgan fingerprint density at radius 1 is 1.17 bits per heavy atom. The Morgan fingerprint density at radius 2 is 1.88 bits per heavy atom. The minimum atomic E-state index is -0.935. The van der Waals surface area contributed by atoms with Gasteiger partial charge in [-0.05, 0) is 41.7 Å². The van der Waals surface area contributed by atoms with Crippen LogP contribution in [0.5, 0.6) is 0 Å². The molecule has 3 rings (SSSR count). The van der Waals surface area contributed by atoms with Crippen LogP contribution in [0, 0.1) is 0 Å². The molecule has 2 N–H and O–H groups in total. The highest BCUT2D eigenvalue weighted by atomic mass is 79.9. The molecule has 2 aromatic carbocycles. The summed E-state index contributed by atoms with van der Waals surface area (Å²) in [6.45, 7) is 0. The van der Waals surface area contributed by atoms with Crippen LogP contribution in [0.4, 0.5) is 0 Å². The second kappa shape index (κ2) is 7.18. The number of hydrogen-bond acceptors (Lipinski definition) is 2. The summed E-state index contributed by atoms with van der Waals surface area (Å²) in [7, 11) is 0. The lowest BCUT2D eigenvalue weighted by atomic mass is 9.98. The molecule has 4 nitrogen and oxygen atoms in total. The van der Waals surface area contributed by atoms with Crippen molar-refractivity contribution in [3.8, 4) is 0 Å². The molecule has 0 fully saturated rings. The maximum Gasteiger partial charge on any atom is 0.305 e. The van der Waals surface area contributed by atoms with Crippen molar-refractivity contribution in [2.24, 2.45) is 0 Å². The number of benzene rings is 2. The van der Waals surface area contributed by atoms with Crippen LogP contribution in [-0.4, -0.2) is 17.0 Å². The summed E-state index contributed by atoms with van der Waals surface area (Å²) in [5, 5.41) is 12.1. The molecule has 124 valence electrons. The molecule has 0 spiro atoms. The molecule has 0 bridgehead atoms. The topological polar surface area (TPSA) is 66.4 Å². The molecule has 0 aromatic heterocycles. The van der Waals surface area contributed by atoms with E-state index in [-0.39, 0.29) is 18.2 Å². The summed E-state index contributed by atoms with van der Waals surface area (Å²) in [5.41, 5.74) is 3.05. The van der Waals surface area contributed by atoms with Crippen LogP contribution in [0.2, 0.25) is 0 Å². The second-order valence-corrected chi connectivity index (χ2v) is 6.92. The van der Waals surface area contributed by atoms with Gasteiger partial charge in [-0.3, -0.25) is 9.59 Å². The van der Waals surface area contributed by atoms with Crippen LogP contribution in [0.1, 0.15) is 41.5 Å². The molecule has 0 saturated heterocycles. The van der Waals surface area contributed by atoms with Gasteiger partial charge in [-0.15, -0.1) is 0 Å². The summed E-state index contributed by atoms with van der Waals surface area (Å²) in [5.74, 6) is -1.24. The van der Waals surface area contributed by atoms with Crippen molar-refractivity contribution >= 4 is 27.8 Å². The number of carbonyl (C=O) groups is 2. The largest absolute Gasteiger partial charge is 0.481 e. The van der Waals surface area contributed by atoms with Crippen molar-refractivity contribution in [3.63, 3.8) is 0 Å². The highest BCUT2D eigenvalue weighted by Gasteiger charge is 2.30. The van der Waals surface area contributed by atoms with E-state index in [0.717, 1.165) is 28.4 Å². The molecule has 0 aliphatic heterocycles. The molecule has 1 aliphatic carbocycles. The van der Waals surface area contributed by atoms with Gasteiger partial charge in [-0.2, -0.15) is 0 Å². The average Bonchev–Trinajstić information content (AvgIpc) is 2.98. The first kappa shape index (κ1) is 16.7. The fraction of sp³-hybridized carbons (Fsp3) is 0.263. The summed E-state index contributed by atoms with van der Waals surface area (Å²) in [6, 6.07) is 14.8. The maximum atomic E-state index is 12.7. The maximum absolute atomic E-state index is 12.7. The van der Waals surface area contributed by atoms with Crippen LogP contribution in [0.3, 0.4) is 0 Å². The van der Waals surface area contributed by atoms with E-state index in [1.165, 1.54) is 5.56 Å². The van der Waals surface area contributed by atoms with Gasteiger partial charge in [0.05, 0.1) is 18.4 Å². The van der Waals surface area contributed by atoms with E-state index in [9.17, 15) is 14.7 Å². The Morgan fingerprint density at radius 3 is 2.58 bits per heavy atom. The number of carboxylic acid groups (broad SMARTS) is 1. The van der Waals surface area contributed by atoms with Crippen LogP contribution in [0.25, 0.3) is 0 Å². The summed E-state index contributed by atoms with van der Waals surface area (Å²) < 4.78 is 0.913. The lowest BCUT2D eigenvalue weighted by Gasteiger charge is -2.20. The predicted octanol–water partition coefficient (Wildman–Crippen LogP) is 3.81. The average molecular weight is 388 g/mol. The SMILES string of the molecule is O=C(O)CC(NC(=O)C1CCc2ccccc21)c1ccc(Br)cc1. The van der Waals surface area contributed by atoms with Gasteiger partial charge in [-0.25, -0.2) is 0 Å². The van der Waals surface area contributed by atoms with Crippen molar-refractivity contribution in [1.29, 1.82) is 0 Å². The molecular weight excluding hydrogens is 370 g/mol. The van der Waals surface area contributed by atoms with Crippen LogP contribution in [0.15, 0.2) is 53.0 Å². The molecule has 2 unspecified atom stereocenters. The van der Waals surface area contributed by atoms with Gasteiger partial charge in [0.15, 0.2) is 0 Å². The molecule has 1 amide bonds. The Kier molecular flexibility index (Phi) is 5.00. The minimum absolute atomic E-state index is 0.103. The van der Waals surface area contributed by atoms with E-state index in [2.05, 4.69) is 21.2 Å². The fourth-order valence-electron chi connectivity index (χ4n) is 3.22. The zero-order chi connectivity index (χ0) is 17.1. The van der Waals surface area contributed by atoms with Crippen molar-refractivity contribution in [3.05, 3.63) is 69.7 Å². The molecule has 5 heteroatoms. The number of fused-ring (bicyclic) bond motifs is 1. The first-order valence-electron chi connectivity index (χ1n) is 7.90. The van der Waals surface area contributed by atoms with E-state index in [4.69, 9.17) is 0 Å². The molecular formula is C19H18BrNO3. The first-order valence-corrected chi connectivity index (χ1v) is 8.69. The van der Waals surface area contributed by atoms with Gasteiger partial charge >= 0.3 is 5.97 Å². The lowest BCUT2D eigenvalue weighted by molar-refractivity contribution is -0.137. The van der Waals surface area contributed by atoms with Crippen molar-refractivity contribution in [2.45, 2.75) is 31.2 Å². The molecule has 1 aliphatic rings. The molecule has 2 aromatic rings. The summed E-state index contributed by atoms with van der Waals surface area (Å²) in [4.78, 5) is 23.9. The molecule has 24 heavy (non-hydrogen) atoms. The number of halogens is 1. The van der Waals surface area contributed by atoms with E-state index in [0.29, 0.717) is 0 Å². The van der Waals surface area contributed by atoms with E-state index in [1.807, 2.05) is 48.5 Å². The lowest BCUT2D eigenvalue weighted by Crippen LogP contribution is -2.33. The molecule has 0 radical (unpaired) electrons. The van der Waals surface area contributed by atoms with Gasteiger partial charge in [0, 0.05) is 4.47 Å². The van der Waals surface area contributed by atoms with Crippen molar-refractivity contribution in [2.75, 3.05) is 0 Å². The quantitative estimate of drug-likeness (QED) is 0.819. The number of aliphatic carboxylic acids is 1. The van der Waals surface area contributed by atoms with E-state index >= 15 is 0 Å². The Bertz CT molecular complexity index is 757. The number of amides is 1. The Balaban J connectivity index is 1.79. The van der Waals surface area contributed by atoms with Gasteiger partial charge in [-0.1, -0.05) is 52.3 Å². The standard InChI is InChI=1S/C19H18BrNO3/c20-14-8-5-13(6-9-14)17(11-18(22)23)21-19(24)16-10-7-12-3-1-2-4-15(12)16/h1-6,8-9,16-17H,7,10-11H2,(H,21,24)(H,22,23). The van der Waals surface area contributed by atoms with Gasteiger partial charge in [0.25, 0.3) is 0 Å². The molecule has 2 atom stereocenters. The number of nitrogens with one attached hydrogen (secondary N) is 1. The van der Waals surface area contributed by atoms with Gasteiger partial charge in [0.1, 0.15) is 0 Å². The van der Waals surface area contributed by atoms with Gasteiger partial charge in [0.2, 0.25) is 5.91 Å². The van der Waals surface area contributed by atoms with Crippen LogP contribution >= 0.6 is 15.9 Å². The zero-order valence-corrected chi connectivity index (χ0v) is 14.6. The summed E-state index contributed by atoms with van der Waals surface area (Å²) in [6.07, 6.45) is 1.52. The molecule has 0 saturated carbocycles. The van der Waals surface area contributed by atoms with Crippen molar-refractivity contribution < 1.29 is 14.7 Å². The zero-order valence-electron chi connectivity index (χ0n) is 13.0. The predicted molar refractivity (Wildman–Crippen MR) is 94.8 cm³/mol. The van der Waals surface area contributed by atoms with Crippen LogP contribution in [-0.2, 0) is 16.0 Å². The minimum Gasteiger partial charge on any atom is -0.481 e. The third-order valence-electron chi connectivity index (χ3n) is 4.42. The third kappa shape index (κ3) is 3.67. The number of rotatable bonds is 5. The van der Waals surface area contributed by atoms with Crippen LogP contribution < -0.4 is 5.32 Å². The number of hydrogen-bond donors (Lipinski definition) is 2. The van der Waals surface area contributed by atoms with E-state index in [1.54, 1.807) is 0 Å². The van der Waals surface area contributed by atoms with Crippen molar-refractivity contribution in [1.82, 2.24) is 5.32 Å². The Hall–Kier alpha value is -2.14. The normalized spacial score (nSPS) is 17.1. The summed E-state index contributed by atoms with van der Waals surface area (Å²) >= 11 is 3.36. The Labute approximate surface area is 149 Å². The fourth-order valence-corrected chi connectivity index (χ4v) is 3.49. The number of carboxylic acids is 1. The highest BCUT2D eigenvalue weighted by molar-refractivity contribution is 9.10. The monoisotopic (exact) mass is 387 g/mol. The first-order chi connectivity index (χ1) is 11.5. The number of aryl methyl sites for hydroxylation is 1. The number of carbonyl (C=O) groups excluding carboxylic acids is 1. The van der Waals surface area contributed by atoms with Gasteiger partial charge < -0.3 is 10.4 Å². The second-order valence-electron chi connectivity index (χ2n) is 6.00.